The van der Waals surface area contributed by atoms with Crippen molar-refractivity contribution >= 4 is 35.5 Å². The van der Waals surface area contributed by atoms with Gasteiger partial charge in [-0.2, -0.15) is 0 Å². The molecule has 12 nitrogen and oxygen atoms in total. The minimum absolute atomic E-state index is 0.296. The van der Waals surface area contributed by atoms with Gasteiger partial charge in [-0.3, -0.25) is 21.1 Å². The van der Waals surface area contributed by atoms with Crippen molar-refractivity contribution in [2.45, 2.75) is 25.7 Å². The van der Waals surface area contributed by atoms with Crippen molar-refractivity contribution < 1.29 is 49.6 Å². The van der Waals surface area contributed by atoms with Crippen LogP contribution in [0.15, 0.2) is 48.8 Å². The maximum absolute atomic E-state index is 9.64. The zero-order chi connectivity index (χ0) is 23.4. The first-order valence-corrected chi connectivity index (χ1v) is 8.32. The largest absolute Gasteiger partial charge is 0.550 e. The molecule has 0 fully saturated rings. The van der Waals surface area contributed by atoms with Crippen LogP contribution in [0.5, 0.6) is 0 Å². The lowest BCUT2D eigenvalue weighted by Gasteiger charge is -2.00. The van der Waals surface area contributed by atoms with Gasteiger partial charge in [0, 0.05) is 24.1 Å². The zero-order valence-electron chi connectivity index (χ0n) is 15.9. The number of carboxylic acids is 4. The lowest BCUT2D eigenvalue weighted by molar-refractivity contribution is -0.360. The third-order valence-corrected chi connectivity index (χ3v) is 2.55. The molecule has 0 amide bonds. The Labute approximate surface area is 171 Å². The molecule has 8 N–H and O–H groups in total. The van der Waals surface area contributed by atoms with E-state index in [1.807, 2.05) is 24.3 Å². The summed E-state index contributed by atoms with van der Waals surface area (Å²) >= 11 is 0. The summed E-state index contributed by atoms with van der Waals surface area (Å²) in [5, 5.41) is 34.8. The molecule has 0 atom stereocenters. The van der Waals surface area contributed by atoms with Gasteiger partial charge in [0.05, 0.1) is 25.2 Å². The van der Waals surface area contributed by atoms with Crippen molar-refractivity contribution in [2.24, 2.45) is 0 Å². The lowest BCUT2D eigenvalue weighted by Crippen LogP contribution is -2.27. The third-order valence-electron chi connectivity index (χ3n) is 2.55. The van der Waals surface area contributed by atoms with Gasteiger partial charge in [-0.1, -0.05) is 12.1 Å². The zero-order valence-corrected chi connectivity index (χ0v) is 15.9. The fourth-order valence-electron chi connectivity index (χ4n) is 1.23. The molecule has 0 saturated heterocycles. The minimum atomic E-state index is -1.37. The maximum atomic E-state index is 9.64. The van der Waals surface area contributed by atoms with E-state index in [2.05, 4.69) is 9.97 Å². The molecule has 2 heterocycles. The number of hydrogen-bond acceptors (Lipinski definition) is 8. The van der Waals surface area contributed by atoms with E-state index in [0.29, 0.717) is 11.6 Å². The number of nitrogens with two attached hydrogens (primary N) is 2. The second kappa shape index (κ2) is 18.2. The van der Waals surface area contributed by atoms with Gasteiger partial charge in [0.2, 0.25) is 0 Å². The van der Waals surface area contributed by atoms with Crippen LogP contribution in [0.4, 0.5) is 11.6 Å². The van der Waals surface area contributed by atoms with Gasteiger partial charge in [0.15, 0.2) is 0 Å². The van der Waals surface area contributed by atoms with E-state index in [4.69, 9.17) is 21.7 Å². The number of carboxylic acid groups (broad SMARTS) is 4. The maximum Gasteiger partial charge on any atom is 0.303 e. The summed E-state index contributed by atoms with van der Waals surface area (Å²) < 4.78 is 0. The van der Waals surface area contributed by atoms with Gasteiger partial charge in [0.1, 0.15) is 0 Å². The van der Waals surface area contributed by atoms with E-state index in [1.54, 1.807) is 24.5 Å². The molecular formula is C18H24N4O8. The molecule has 2 aromatic rings. The molecule has 0 aliphatic rings. The SMILES string of the molecule is Nc1cccc[nH+]1.Nc1cccc[nH+]1.O=C(O)CCC(=O)O.O=C([O-])CCC(=O)[O-]. The van der Waals surface area contributed by atoms with Crippen LogP contribution in [0.1, 0.15) is 25.7 Å². The Morgan fingerprint density at radius 1 is 0.700 bits per heavy atom. The molecule has 164 valence electrons. The highest BCUT2D eigenvalue weighted by molar-refractivity contribution is 5.75. The van der Waals surface area contributed by atoms with Gasteiger partial charge in [-0.25, -0.2) is 9.97 Å². The number of carbonyl (C=O) groups excluding carboxylic acids is 2. The second-order valence-corrected chi connectivity index (χ2v) is 5.17. The van der Waals surface area contributed by atoms with E-state index in [-0.39, 0.29) is 12.8 Å². The van der Waals surface area contributed by atoms with Crippen LogP contribution in [0, 0.1) is 0 Å². The molecule has 0 unspecified atom stereocenters. The Morgan fingerprint density at radius 3 is 1.17 bits per heavy atom. The molecule has 0 aliphatic carbocycles. The Balaban J connectivity index is 0. The molecule has 0 saturated carbocycles. The summed E-state index contributed by atoms with van der Waals surface area (Å²) in [4.78, 5) is 43.9. The highest BCUT2D eigenvalue weighted by Crippen LogP contribution is 1.86. The first-order valence-electron chi connectivity index (χ1n) is 8.32. The first-order chi connectivity index (χ1) is 14.0. The average molecular weight is 424 g/mol. The predicted octanol–water partition coefficient (Wildman–Crippen LogP) is -2.63. The third kappa shape index (κ3) is 26.0. The van der Waals surface area contributed by atoms with Gasteiger partial charge in [0.25, 0.3) is 11.6 Å². The number of nitrogen functional groups attached to an aromatic ring is 2. The van der Waals surface area contributed by atoms with Crippen LogP contribution in [0.25, 0.3) is 0 Å². The topological polar surface area (TPSA) is 235 Å². The number of aromatic nitrogens is 2. The fourth-order valence-corrected chi connectivity index (χ4v) is 1.23. The molecule has 0 spiro atoms. The van der Waals surface area contributed by atoms with Crippen molar-refractivity contribution in [3.05, 3.63) is 48.8 Å². The number of anilines is 2. The average Bonchev–Trinajstić information content (AvgIpc) is 2.67. The Morgan fingerprint density at radius 2 is 1.03 bits per heavy atom. The molecular weight excluding hydrogens is 400 g/mol. The highest BCUT2D eigenvalue weighted by Gasteiger charge is 2.00. The number of rotatable bonds is 6. The van der Waals surface area contributed by atoms with Crippen LogP contribution in [0.3, 0.4) is 0 Å². The predicted molar refractivity (Wildman–Crippen MR) is 98.6 cm³/mol. The normalized spacial score (nSPS) is 8.53. The van der Waals surface area contributed by atoms with E-state index < -0.39 is 36.7 Å². The Kier molecular flexibility index (Phi) is 16.9. The number of aliphatic carboxylic acids is 4. The monoisotopic (exact) mass is 424 g/mol. The number of nitrogens with one attached hydrogen (secondary N) is 2. The van der Waals surface area contributed by atoms with Crippen molar-refractivity contribution in [3.8, 4) is 0 Å². The van der Waals surface area contributed by atoms with Crippen LogP contribution in [-0.2, 0) is 19.2 Å². The molecule has 0 bridgehead atoms. The summed E-state index contributed by atoms with van der Waals surface area (Å²) in [5.74, 6) is -3.49. The molecule has 30 heavy (non-hydrogen) atoms. The van der Waals surface area contributed by atoms with Crippen LogP contribution < -0.4 is 31.6 Å². The van der Waals surface area contributed by atoms with E-state index >= 15 is 0 Å². The molecule has 2 rings (SSSR count). The Hall–Kier alpha value is -4.22. The second-order valence-electron chi connectivity index (χ2n) is 5.17. The molecule has 0 radical (unpaired) electrons. The molecule has 12 heteroatoms. The van der Waals surface area contributed by atoms with Crippen LogP contribution in [0.2, 0.25) is 0 Å². The van der Waals surface area contributed by atoms with Crippen molar-refractivity contribution in [1.29, 1.82) is 0 Å². The van der Waals surface area contributed by atoms with E-state index in [1.165, 1.54) is 0 Å². The van der Waals surface area contributed by atoms with E-state index in [9.17, 15) is 29.4 Å². The van der Waals surface area contributed by atoms with Crippen molar-refractivity contribution in [1.82, 2.24) is 0 Å². The van der Waals surface area contributed by atoms with Crippen molar-refractivity contribution in [3.63, 3.8) is 0 Å². The summed E-state index contributed by atoms with van der Waals surface area (Å²) in [6.45, 7) is 0. The lowest BCUT2D eigenvalue weighted by atomic mass is 10.3. The summed E-state index contributed by atoms with van der Waals surface area (Å²) in [6.07, 6.45) is 2.04. The van der Waals surface area contributed by atoms with Gasteiger partial charge in [-0.05, 0) is 25.0 Å². The molecule has 0 aromatic carbocycles. The first kappa shape index (κ1) is 28.0. The summed E-state index contributed by atoms with van der Waals surface area (Å²) in [6, 6.07) is 11.1. The number of carbonyl (C=O) groups is 4. The highest BCUT2D eigenvalue weighted by atomic mass is 16.4. The Bertz CT molecular complexity index is 664. The molecule has 0 aliphatic heterocycles. The fraction of sp³-hybridized carbons (Fsp3) is 0.222. The number of H-pyrrole nitrogens is 2. The van der Waals surface area contributed by atoms with Crippen molar-refractivity contribution in [2.75, 3.05) is 11.5 Å². The summed E-state index contributed by atoms with van der Waals surface area (Å²) in [5.41, 5.74) is 10.6. The van der Waals surface area contributed by atoms with Gasteiger partial charge in [-0.15, -0.1) is 0 Å². The number of aromatic amines is 2. The number of pyridine rings is 2. The van der Waals surface area contributed by atoms with Gasteiger partial charge < -0.3 is 30.0 Å². The van der Waals surface area contributed by atoms with E-state index in [0.717, 1.165) is 0 Å². The number of hydrogen-bond donors (Lipinski definition) is 4. The van der Waals surface area contributed by atoms with Gasteiger partial charge >= 0.3 is 11.9 Å². The smallest absolute Gasteiger partial charge is 0.303 e. The quantitative estimate of drug-likeness (QED) is 0.376. The molecule has 2 aromatic heterocycles. The van der Waals surface area contributed by atoms with Crippen LogP contribution in [-0.4, -0.2) is 34.1 Å². The minimum Gasteiger partial charge on any atom is -0.550 e. The standard InChI is InChI=1S/2C5H6N2.2C4H6O4/c2*6-5-3-1-2-4-7-5;2*5-3(6)1-2-4(7)8/h2*1-4H,(H2,6,7);2*1-2H2,(H,5,6)(H,7,8). The van der Waals surface area contributed by atoms with Crippen LogP contribution >= 0.6 is 0 Å². The summed E-state index contributed by atoms with van der Waals surface area (Å²) in [7, 11) is 0.